The summed E-state index contributed by atoms with van der Waals surface area (Å²) in [5.41, 5.74) is 0.380. The summed E-state index contributed by atoms with van der Waals surface area (Å²) >= 11 is 1.50. The van der Waals surface area contributed by atoms with Gasteiger partial charge in [-0.1, -0.05) is 6.92 Å². The maximum Gasteiger partial charge on any atom is 0.127 e. The lowest BCUT2D eigenvalue weighted by Gasteiger charge is -2.07. The minimum Gasteiger partial charge on any atom is -0.396 e. The van der Waals surface area contributed by atoms with Crippen LogP contribution in [0.3, 0.4) is 0 Å². The molecule has 0 amide bonds. The molecule has 0 radical (unpaired) electrons. The fourth-order valence-corrected chi connectivity index (χ4v) is 2.14. The molecule has 1 N–H and O–H groups in total. The standard InChI is InChI=1S/C11H14F2OS/c1-8(5-14)6-15-7-9-4-10(12)2-3-11(9)13/h2-4,8,14H,5-7H2,1H3. The molecule has 0 fully saturated rings. The molecule has 4 heteroatoms. The zero-order chi connectivity index (χ0) is 11.3. The average molecular weight is 232 g/mol. The number of hydrogen-bond donors (Lipinski definition) is 1. The fraction of sp³-hybridized carbons (Fsp3) is 0.455. The van der Waals surface area contributed by atoms with Crippen molar-refractivity contribution >= 4 is 11.8 Å². The molecule has 0 aliphatic carbocycles. The maximum atomic E-state index is 13.1. The van der Waals surface area contributed by atoms with Crippen LogP contribution < -0.4 is 0 Å². The molecule has 1 nitrogen and oxygen atoms in total. The summed E-state index contributed by atoms with van der Waals surface area (Å²) in [6.45, 7) is 2.04. The van der Waals surface area contributed by atoms with Gasteiger partial charge in [0.05, 0.1) is 0 Å². The summed E-state index contributed by atoms with van der Waals surface area (Å²) in [6, 6.07) is 3.46. The highest BCUT2D eigenvalue weighted by Crippen LogP contribution is 2.18. The second-order valence-corrected chi connectivity index (χ2v) is 4.57. The Balaban J connectivity index is 2.46. The van der Waals surface area contributed by atoms with Crippen molar-refractivity contribution in [2.45, 2.75) is 12.7 Å². The van der Waals surface area contributed by atoms with Crippen LogP contribution in [0.2, 0.25) is 0 Å². The Hall–Kier alpha value is -0.610. The van der Waals surface area contributed by atoms with Crippen LogP contribution in [0.25, 0.3) is 0 Å². The fourth-order valence-electron chi connectivity index (χ4n) is 1.08. The molecule has 0 saturated heterocycles. The molecule has 0 aliphatic heterocycles. The molecule has 0 spiro atoms. The van der Waals surface area contributed by atoms with Crippen LogP contribution in [-0.2, 0) is 5.75 Å². The Morgan fingerprint density at radius 2 is 2.13 bits per heavy atom. The van der Waals surface area contributed by atoms with Crippen molar-refractivity contribution in [2.24, 2.45) is 5.92 Å². The van der Waals surface area contributed by atoms with Gasteiger partial charge in [-0.15, -0.1) is 0 Å². The molecular weight excluding hydrogens is 218 g/mol. The van der Waals surface area contributed by atoms with Crippen molar-refractivity contribution in [3.63, 3.8) is 0 Å². The van der Waals surface area contributed by atoms with E-state index in [-0.39, 0.29) is 18.3 Å². The Kier molecular flexibility index (Phi) is 5.05. The quantitative estimate of drug-likeness (QED) is 0.842. The Morgan fingerprint density at radius 3 is 2.80 bits per heavy atom. The lowest BCUT2D eigenvalue weighted by atomic mass is 10.2. The third-order valence-corrected chi connectivity index (χ3v) is 3.30. The summed E-state index contributed by atoms with van der Waals surface area (Å²) < 4.78 is 25.9. The van der Waals surface area contributed by atoms with Gasteiger partial charge < -0.3 is 5.11 Å². The summed E-state index contributed by atoms with van der Waals surface area (Å²) in [4.78, 5) is 0. The summed E-state index contributed by atoms with van der Waals surface area (Å²) in [6.07, 6.45) is 0. The summed E-state index contributed by atoms with van der Waals surface area (Å²) in [7, 11) is 0. The predicted molar refractivity (Wildman–Crippen MR) is 58.8 cm³/mol. The van der Waals surface area contributed by atoms with E-state index in [4.69, 9.17) is 5.11 Å². The molecule has 15 heavy (non-hydrogen) atoms. The molecule has 0 bridgehead atoms. The summed E-state index contributed by atoms with van der Waals surface area (Å²) in [5.74, 6) is 0.579. The average Bonchev–Trinajstić information content (AvgIpc) is 2.23. The first-order chi connectivity index (χ1) is 7.13. The molecule has 0 aromatic heterocycles. The highest BCUT2D eigenvalue weighted by atomic mass is 32.2. The van der Waals surface area contributed by atoms with Gasteiger partial charge in [-0.2, -0.15) is 11.8 Å². The first-order valence-electron chi connectivity index (χ1n) is 4.76. The Bertz CT molecular complexity index is 317. The molecule has 0 aliphatic rings. The van der Waals surface area contributed by atoms with Crippen LogP contribution in [0.15, 0.2) is 18.2 Å². The zero-order valence-corrected chi connectivity index (χ0v) is 9.36. The number of aliphatic hydroxyl groups excluding tert-OH is 1. The minimum atomic E-state index is -0.415. The lowest BCUT2D eigenvalue weighted by molar-refractivity contribution is 0.250. The summed E-state index contributed by atoms with van der Waals surface area (Å²) in [5, 5.41) is 8.78. The molecular formula is C11H14F2OS. The van der Waals surface area contributed by atoms with E-state index in [9.17, 15) is 8.78 Å². The first kappa shape index (κ1) is 12.5. The second-order valence-electron chi connectivity index (χ2n) is 3.54. The largest absolute Gasteiger partial charge is 0.396 e. The second kappa shape index (κ2) is 6.08. The van der Waals surface area contributed by atoms with Gasteiger partial charge in [0, 0.05) is 17.9 Å². The first-order valence-corrected chi connectivity index (χ1v) is 5.91. The third kappa shape index (κ3) is 4.18. The van der Waals surface area contributed by atoms with E-state index in [1.54, 1.807) is 0 Å². The van der Waals surface area contributed by atoms with E-state index in [2.05, 4.69) is 0 Å². The van der Waals surface area contributed by atoms with Crippen molar-refractivity contribution in [3.8, 4) is 0 Å². The maximum absolute atomic E-state index is 13.1. The highest BCUT2D eigenvalue weighted by Gasteiger charge is 2.05. The van der Waals surface area contributed by atoms with Gasteiger partial charge in [0.25, 0.3) is 0 Å². The number of rotatable bonds is 5. The molecule has 0 saturated carbocycles. The number of benzene rings is 1. The van der Waals surface area contributed by atoms with Gasteiger partial charge in [-0.05, 0) is 29.9 Å². The molecule has 0 heterocycles. The molecule has 1 unspecified atom stereocenters. The number of hydrogen-bond acceptors (Lipinski definition) is 2. The van der Waals surface area contributed by atoms with Crippen molar-refractivity contribution in [3.05, 3.63) is 35.4 Å². The number of thioether (sulfide) groups is 1. The Morgan fingerprint density at radius 1 is 1.40 bits per heavy atom. The van der Waals surface area contributed by atoms with Crippen LogP contribution >= 0.6 is 11.8 Å². The van der Waals surface area contributed by atoms with Gasteiger partial charge in [0.1, 0.15) is 11.6 Å². The van der Waals surface area contributed by atoms with Crippen LogP contribution in [0.5, 0.6) is 0 Å². The van der Waals surface area contributed by atoms with Crippen molar-refractivity contribution in [1.29, 1.82) is 0 Å². The lowest BCUT2D eigenvalue weighted by Crippen LogP contribution is -2.03. The normalized spacial score (nSPS) is 12.8. The van der Waals surface area contributed by atoms with Gasteiger partial charge in [0.2, 0.25) is 0 Å². The number of aliphatic hydroxyl groups is 1. The monoisotopic (exact) mass is 232 g/mol. The SMILES string of the molecule is CC(CO)CSCc1cc(F)ccc1F. The van der Waals surface area contributed by atoms with E-state index in [1.165, 1.54) is 17.8 Å². The molecule has 1 atom stereocenters. The van der Waals surface area contributed by atoms with Gasteiger partial charge in [-0.25, -0.2) is 8.78 Å². The van der Waals surface area contributed by atoms with Crippen LogP contribution in [0, 0.1) is 17.6 Å². The van der Waals surface area contributed by atoms with Crippen LogP contribution in [0.4, 0.5) is 8.78 Å². The van der Waals surface area contributed by atoms with E-state index >= 15 is 0 Å². The minimum absolute atomic E-state index is 0.124. The number of halogens is 2. The van der Waals surface area contributed by atoms with E-state index in [0.717, 1.165) is 17.9 Å². The topological polar surface area (TPSA) is 20.2 Å². The van der Waals surface area contributed by atoms with Gasteiger partial charge in [-0.3, -0.25) is 0 Å². The third-order valence-electron chi connectivity index (χ3n) is 1.98. The van der Waals surface area contributed by atoms with Crippen molar-refractivity contribution in [2.75, 3.05) is 12.4 Å². The van der Waals surface area contributed by atoms with E-state index in [1.807, 2.05) is 6.92 Å². The van der Waals surface area contributed by atoms with E-state index in [0.29, 0.717) is 11.3 Å². The molecule has 1 rings (SSSR count). The Labute approximate surface area is 92.5 Å². The smallest absolute Gasteiger partial charge is 0.127 e. The zero-order valence-electron chi connectivity index (χ0n) is 8.54. The van der Waals surface area contributed by atoms with Crippen molar-refractivity contribution < 1.29 is 13.9 Å². The van der Waals surface area contributed by atoms with Crippen LogP contribution in [0.1, 0.15) is 12.5 Å². The molecule has 1 aromatic carbocycles. The predicted octanol–water partition coefficient (Wildman–Crippen LogP) is 2.83. The van der Waals surface area contributed by atoms with E-state index < -0.39 is 5.82 Å². The molecule has 1 aromatic rings. The van der Waals surface area contributed by atoms with Gasteiger partial charge in [0.15, 0.2) is 0 Å². The van der Waals surface area contributed by atoms with Crippen LogP contribution in [-0.4, -0.2) is 17.5 Å². The van der Waals surface area contributed by atoms with Gasteiger partial charge >= 0.3 is 0 Å². The molecule has 84 valence electrons. The van der Waals surface area contributed by atoms with Crippen molar-refractivity contribution in [1.82, 2.24) is 0 Å². The highest BCUT2D eigenvalue weighted by molar-refractivity contribution is 7.98.